The highest BCUT2D eigenvalue weighted by Crippen LogP contribution is 2.24. The molecule has 0 radical (unpaired) electrons. The summed E-state index contributed by atoms with van der Waals surface area (Å²) < 4.78 is 0. The van der Waals surface area contributed by atoms with Gasteiger partial charge in [0.1, 0.15) is 0 Å². The minimum atomic E-state index is -0.255. The maximum absolute atomic E-state index is 12.0. The van der Waals surface area contributed by atoms with Gasteiger partial charge in [0, 0.05) is 6.04 Å². The Hall–Kier alpha value is -1.75. The first-order valence-electron chi connectivity index (χ1n) is 6.15. The number of phenols is 1. The Morgan fingerprint density at radius 1 is 1.44 bits per heavy atom. The van der Waals surface area contributed by atoms with Gasteiger partial charge in [-0.05, 0) is 45.1 Å². The van der Waals surface area contributed by atoms with Crippen LogP contribution in [0.3, 0.4) is 0 Å². The lowest BCUT2D eigenvalue weighted by atomic mass is 10.0. The van der Waals surface area contributed by atoms with Gasteiger partial charge in [0.2, 0.25) is 0 Å². The number of hydrogen-bond acceptors (Lipinski definition) is 4. The molecule has 0 aliphatic carbocycles. The second kappa shape index (κ2) is 5.27. The van der Waals surface area contributed by atoms with Gasteiger partial charge in [-0.15, -0.1) is 0 Å². The van der Waals surface area contributed by atoms with E-state index in [1.807, 2.05) is 0 Å². The molecule has 98 valence electrons. The average Bonchev–Trinajstić information content (AvgIpc) is 2.35. The molecule has 1 aromatic carbocycles. The number of nitrogens with two attached hydrogens (primary N) is 1. The van der Waals surface area contributed by atoms with Gasteiger partial charge < -0.3 is 21.1 Å². The second-order valence-corrected chi connectivity index (χ2v) is 4.79. The number of nitrogens with zero attached hydrogens (tertiary/aromatic N) is 1. The predicted octanol–water partition coefficient (Wildman–Crippen LogP) is 0.798. The van der Waals surface area contributed by atoms with Gasteiger partial charge in [0.25, 0.3) is 5.91 Å². The van der Waals surface area contributed by atoms with E-state index in [0.717, 1.165) is 25.9 Å². The smallest absolute Gasteiger partial charge is 0.255 e. The minimum absolute atomic E-state index is 0.136. The molecule has 2 rings (SSSR count). The number of anilines is 1. The van der Waals surface area contributed by atoms with E-state index in [0.29, 0.717) is 0 Å². The summed E-state index contributed by atoms with van der Waals surface area (Å²) in [5.74, 6) is -0.391. The van der Waals surface area contributed by atoms with Crippen LogP contribution < -0.4 is 11.1 Å². The van der Waals surface area contributed by atoms with Gasteiger partial charge in [-0.3, -0.25) is 4.79 Å². The molecule has 1 aliphatic rings. The average molecular weight is 249 g/mol. The van der Waals surface area contributed by atoms with Crippen molar-refractivity contribution in [3.8, 4) is 5.75 Å². The monoisotopic (exact) mass is 249 g/mol. The van der Waals surface area contributed by atoms with Gasteiger partial charge in [-0.2, -0.15) is 0 Å². The molecule has 0 bridgehead atoms. The van der Waals surface area contributed by atoms with Crippen LogP contribution in [0, 0.1) is 0 Å². The van der Waals surface area contributed by atoms with E-state index in [1.54, 1.807) is 18.2 Å². The Balaban J connectivity index is 2.01. The Morgan fingerprint density at radius 3 is 2.78 bits per heavy atom. The molecule has 1 aromatic rings. The van der Waals surface area contributed by atoms with Crippen LogP contribution in [0.15, 0.2) is 18.2 Å². The Bertz CT molecular complexity index is 440. The summed E-state index contributed by atoms with van der Waals surface area (Å²) in [6, 6.07) is 4.99. The zero-order valence-corrected chi connectivity index (χ0v) is 10.5. The molecule has 0 aromatic heterocycles. The van der Waals surface area contributed by atoms with Gasteiger partial charge in [0.05, 0.1) is 11.3 Å². The molecule has 0 saturated carbocycles. The third-order valence-corrected chi connectivity index (χ3v) is 3.37. The van der Waals surface area contributed by atoms with E-state index < -0.39 is 0 Å². The molecule has 18 heavy (non-hydrogen) atoms. The quantitative estimate of drug-likeness (QED) is 0.535. The lowest BCUT2D eigenvalue weighted by Crippen LogP contribution is -2.43. The normalized spacial score (nSPS) is 17.6. The number of carbonyl (C=O) groups excluding carboxylic acids is 1. The molecule has 1 heterocycles. The number of amides is 1. The zero-order valence-electron chi connectivity index (χ0n) is 10.5. The van der Waals surface area contributed by atoms with Crippen LogP contribution in [-0.2, 0) is 0 Å². The first-order chi connectivity index (χ1) is 8.58. The van der Waals surface area contributed by atoms with Crippen LogP contribution in [0.4, 0.5) is 5.69 Å². The van der Waals surface area contributed by atoms with Crippen molar-refractivity contribution in [3.63, 3.8) is 0 Å². The van der Waals surface area contributed by atoms with Crippen molar-refractivity contribution in [3.05, 3.63) is 23.8 Å². The molecular formula is C13H19N3O2. The van der Waals surface area contributed by atoms with Crippen molar-refractivity contribution < 1.29 is 9.90 Å². The first kappa shape index (κ1) is 12.7. The highest BCUT2D eigenvalue weighted by Gasteiger charge is 2.20. The first-order valence-corrected chi connectivity index (χ1v) is 6.15. The molecule has 0 unspecified atom stereocenters. The number of carbonyl (C=O) groups is 1. The highest BCUT2D eigenvalue weighted by molar-refractivity contribution is 5.98. The van der Waals surface area contributed by atoms with Crippen LogP contribution >= 0.6 is 0 Å². The third kappa shape index (κ3) is 2.73. The number of nitrogen functional groups attached to an aromatic ring is 1. The second-order valence-electron chi connectivity index (χ2n) is 4.79. The van der Waals surface area contributed by atoms with Crippen molar-refractivity contribution in [1.29, 1.82) is 0 Å². The molecule has 1 amide bonds. The predicted molar refractivity (Wildman–Crippen MR) is 70.5 cm³/mol. The van der Waals surface area contributed by atoms with Gasteiger partial charge in [-0.1, -0.05) is 6.07 Å². The summed E-state index contributed by atoms with van der Waals surface area (Å²) in [6.45, 7) is 1.96. The fraction of sp³-hybridized carbons (Fsp3) is 0.462. The van der Waals surface area contributed by atoms with E-state index in [9.17, 15) is 9.90 Å². The van der Waals surface area contributed by atoms with Gasteiger partial charge >= 0.3 is 0 Å². The molecule has 5 heteroatoms. The van der Waals surface area contributed by atoms with E-state index in [4.69, 9.17) is 5.73 Å². The number of nitrogens with one attached hydrogen (secondary N) is 1. The lowest BCUT2D eigenvalue weighted by Gasteiger charge is -2.29. The van der Waals surface area contributed by atoms with E-state index in [2.05, 4.69) is 17.3 Å². The standard InChI is InChI=1S/C13H19N3O2/c1-16-7-5-9(6-8-16)15-13(18)10-3-2-4-11(14)12(10)17/h2-4,9,17H,5-8,14H2,1H3,(H,15,18). The number of hydrogen-bond donors (Lipinski definition) is 3. The van der Waals surface area contributed by atoms with E-state index in [1.165, 1.54) is 0 Å². The summed E-state index contributed by atoms with van der Waals surface area (Å²) in [7, 11) is 2.07. The number of para-hydroxylation sites is 1. The number of piperidine rings is 1. The molecule has 0 atom stereocenters. The summed E-state index contributed by atoms with van der Waals surface area (Å²) in [5.41, 5.74) is 6.05. The number of likely N-dealkylation sites (tertiary alicyclic amines) is 1. The van der Waals surface area contributed by atoms with Crippen molar-refractivity contribution in [2.24, 2.45) is 0 Å². The fourth-order valence-electron chi connectivity index (χ4n) is 2.16. The molecule has 1 aliphatic heterocycles. The number of phenolic OH excluding ortho intramolecular Hbond substituents is 1. The fourth-order valence-corrected chi connectivity index (χ4v) is 2.16. The molecule has 4 N–H and O–H groups in total. The van der Waals surface area contributed by atoms with Crippen molar-refractivity contribution in [1.82, 2.24) is 10.2 Å². The Kier molecular flexibility index (Phi) is 3.72. The molecule has 1 fully saturated rings. The summed E-state index contributed by atoms with van der Waals surface area (Å²) in [4.78, 5) is 14.3. The van der Waals surface area contributed by atoms with Crippen LogP contribution in [0.2, 0.25) is 0 Å². The van der Waals surface area contributed by atoms with Crippen molar-refractivity contribution >= 4 is 11.6 Å². The highest BCUT2D eigenvalue weighted by atomic mass is 16.3. The van der Waals surface area contributed by atoms with Crippen molar-refractivity contribution in [2.75, 3.05) is 25.9 Å². The van der Waals surface area contributed by atoms with Crippen molar-refractivity contribution in [2.45, 2.75) is 18.9 Å². The summed E-state index contributed by atoms with van der Waals surface area (Å²) >= 11 is 0. The SMILES string of the molecule is CN1CCC(NC(=O)c2cccc(N)c2O)CC1. The third-order valence-electron chi connectivity index (χ3n) is 3.37. The molecular weight excluding hydrogens is 230 g/mol. The minimum Gasteiger partial charge on any atom is -0.505 e. The molecule has 0 spiro atoms. The van der Waals surface area contributed by atoms with E-state index >= 15 is 0 Å². The van der Waals surface area contributed by atoms with Crippen LogP contribution in [-0.4, -0.2) is 42.1 Å². The Labute approximate surface area is 107 Å². The van der Waals surface area contributed by atoms with Gasteiger partial charge in [0.15, 0.2) is 5.75 Å². The van der Waals surface area contributed by atoms with Crippen LogP contribution in [0.5, 0.6) is 5.75 Å². The van der Waals surface area contributed by atoms with Crippen LogP contribution in [0.1, 0.15) is 23.2 Å². The lowest BCUT2D eigenvalue weighted by molar-refractivity contribution is 0.0914. The Morgan fingerprint density at radius 2 is 2.11 bits per heavy atom. The molecule has 1 saturated heterocycles. The summed E-state index contributed by atoms with van der Waals surface area (Å²) in [5, 5.41) is 12.7. The maximum Gasteiger partial charge on any atom is 0.255 e. The number of aromatic hydroxyl groups is 1. The van der Waals surface area contributed by atoms with E-state index in [-0.39, 0.29) is 28.9 Å². The van der Waals surface area contributed by atoms with Gasteiger partial charge in [-0.25, -0.2) is 0 Å². The van der Waals surface area contributed by atoms with Crippen LogP contribution in [0.25, 0.3) is 0 Å². The maximum atomic E-state index is 12.0. The largest absolute Gasteiger partial charge is 0.505 e. The number of rotatable bonds is 2. The zero-order chi connectivity index (χ0) is 13.1. The molecule has 5 nitrogen and oxygen atoms in total. The number of benzene rings is 1. The summed E-state index contributed by atoms with van der Waals surface area (Å²) in [6.07, 6.45) is 1.87. The topological polar surface area (TPSA) is 78.6 Å².